The van der Waals surface area contributed by atoms with E-state index in [1.807, 2.05) is 6.92 Å². The van der Waals surface area contributed by atoms with Crippen LogP contribution in [0.1, 0.15) is 61.6 Å². The van der Waals surface area contributed by atoms with Crippen molar-refractivity contribution >= 4 is 27.6 Å². The van der Waals surface area contributed by atoms with E-state index in [0.29, 0.717) is 23.7 Å². The highest BCUT2D eigenvalue weighted by Crippen LogP contribution is 2.24. The second kappa shape index (κ2) is 10.4. The van der Waals surface area contributed by atoms with Crippen molar-refractivity contribution in [3.63, 3.8) is 0 Å². The topological polar surface area (TPSA) is 55.4 Å². The number of benzene rings is 2. The van der Waals surface area contributed by atoms with Crippen molar-refractivity contribution in [1.82, 2.24) is 5.32 Å². The zero-order chi connectivity index (χ0) is 20.7. The zero-order valence-electron chi connectivity index (χ0n) is 16.9. The SMILES string of the molecule is CCC(=O)c1cc(Br)ccc1OCC(=O)NC(C)c1ccc(CC(C)C)cc1. The second-order valence-electron chi connectivity index (χ2n) is 7.33. The number of ketones is 1. The number of nitrogens with one attached hydrogen (secondary N) is 1. The van der Waals surface area contributed by atoms with Gasteiger partial charge in [-0.25, -0.2) is 0 Å². The first-order valence-electron chi connectivity index (χ1n) is 9.63. The molecule has 2 aromatic carbocycles. The van der Waals surface area contributed by atoms with Crippen LogP contribution in [-0.2, 0) is 11.2 Å². The molecular formula is C23H28BrNO3. The normalized spacial score (nSPS) is 11.9. The summed E-state index contributed by atoms with van der Waals surface area (Å²) in [5, 5.41) is 2.94. The van der Waals surface area contributed by atoms with Crippen LogP contribution in [0.3, 0.4) is 0 Å². The lowest BCUT2D eigenvalue weighted by molar-refractivity contribution is -0.123. The van der Waals surface area contributed by atoms with Gasteiger partial charge in [0, 0.05) is 10.9 Å². The Kier molecular flexibility index (Phi) is 8.24. The Labute approximate surface area is 175 Å². The van der Waals surface area contributed by atoms with E-state index >= 15 is 0 Å². The van der Waals surface area contributed by atoms with Gasteiger partial charge in [0.1, 0.15) is 5.75 Å². The molecule has 0 heterocycles. The van der Waals surface area contributed by atoms with Gasteiger partial charge in [0.15, 0.2) is 12.4 Å². The fourth-order valence-corrected chi connectivity index (χ4v) is 3.32. The molecule has 0 aliphatic heterocycles. The molecule has 5 heteroatoms. The number of hydrogen-bond donors (Lipinski definition) is 1. The van der Waals surface area contributed by atoms with Crippen LogP contribution in [0.15, 0.2) is 46.9 Å². The number of carbonyl (C=O) groups excluding carboxylic acids is 2. The molecule has 0 bridgehead atoms. The highest BCUT2D eigenvalue weighted by atomic mass is 79.9. The Balaban J connectivity index is 1.94. The van der Waals surface area contributed by atoms with Crippen molar-refractivity contribution in [3.05, 3.63) is 63.6 Å². The molecule has 1 amide bonds. The molecule has 2 aromatic rings. The second-order valence-corrected chi connectivity index (χ2v) is 8.25. The summed E-state index contributed by atoms with van der Waals surface area (Å²) in [6.45, 7) is 8.00. The van der Waals surface area contributed by atoms with Gasteiger partial charge in [0.25, 0.3) is 5.91 Å². The van der Waals surface area contributed by atoms with Crippen LogP contribution in [-0.4, -0.2) is 18.3 Å². The van der Waals surface area contributed by atoms with Crippen molar-refractivity contribution in [3.8, 4) is 5.75 Å². The molecule has 1 atom stereocenters. The first-order valence-corrected chi connectivity index (χ1v) is 10.4. The van der Waals surface area contributed by atoms with Crippen LogP contribution in [0.4, 0.5) is 0 Å². The smallest absolute Gasteiger partial charge is 0.258 e. The van der Waals surface area contributed by atoms with Gasteiger partial charge in [0.2, 0.25) is 0 Å². The Morgan fingerprint density at radius 1 is 1.07 bits per heavy atom. The van der Waals surface area contributed by atoms with E-state index in [-0.39, 0.29) is 24.3 Å². The van der Waals surface area contributed by atoms with E-state index in [4.69, 9.17) is 4.74 Å². The third-order valence-corrected chi connectivity index (χ3v) is 4.92. The quantitative estimate of drug-likeness (QED) is 0.518. The first kappa shape index (κ1) is 22.2. The summed E-state index contributed by atoms with van der Waals surface area (Å²) in [5.74, 6) is 0.794. The van der Waals surface area contributed by atoms with Gasteiger partial charge in [-0.2, -0.15) is 0 Å². The highest BCUT2D eigenvalue weighted by Gasteiger charge is 2.15. The molecule has 28 heavy (non-hydrogen) atoms. The van der Waals surface area contributed by atoms with Gasteiger partial charge in [-0.05, 0) is 48.6 Å². The van der Waals surface area contributed by atoms with Crippen LogP contribution >= 0.6 is 15.9 Å². The molecule has 150 valence electrons. The van der Waals surface area contributed by atoms with Gasteiger partial charge < -0.3 is 10.1 Å². The molecule has 4 nitrogen and oxygen atoms in total. The van der Waals surface area contributed by atoms with E-state index in [1.165, 1.54) is 5.56 Å². The first-order chi connectivity index (χ1) is 13.3. The van der Waals surface area contributed by atoms with Crippen LogP contribution in [0, 0.1) is 5.92 Å². The van der Waals surface area contributed by atoms with Gasteiger partial charge in [-0.1, -0.05) is 61.0 Å². The van der Waals surface area contributed by atoms with Crippen molar-refractivity contribution in [2.24, 2.45) is 5.92 Å². The number of rotatable bonds is 9. The predicted molar refractivity (Wildman–Crippen MR) is 116 cm³/mol. The van der Waals surface area contributed by atoms with Crippen LogP contribution < -0.4 is 10.1 Å². The van der Waals surface area contributed by atoms with Crippen molar-refractivity contribution in [1.29, 1.82) is 0 Å². The molecular weight excluding hydrogens is 418 g/mol. The maximum absolute atomic E-state index is 12.3. The van der Waals surface area contributed by atoms with Crippen LogP contribution in [0.2, 0.25) is 0 Å². The standard InChI is InChI=1S/C23H28BrNO3/c1-5-21(26)20-13-19(24)10-11-22(20)28-14-23(27)25-16(4)18-8-6-17(7-9-18)12-15(2)3/h6-11,13,15-16H,5,12,14H2,1-4H3,(H,25,27). The van der Waals surface area contributed by atoms with Crippen molar-refractivity contribution in [2.75, 3.05) is 6.61 Å². The number of Topliss-reactive ketones (excluding diaryl/α,β-unsaturated/α-hetero) is 1. The molecule has 1 unspecified atom stereocenters. The van der Waals surface area contributed by atoms with Crippen LogP contribution in [0.25, 0.3) is 0 Å². The largest absolute Gasteiger partial charge is 0.483 e. The Morgan fingerprint density at radius 2 is 1.75 bits per heavy atom. The average molecular weight is 446 g/mol. The molecule has 2 rings (SSSR count). The summed E-state index contributed by atoms with van der Waals surface area (Å²) in [7, 11) is 0. The summed E-state index contributed by atoms with van der Waals surface area (Å²) in [6, 6.07) is 13.4. The molecule has 0 aliphatic rings. The lowest BCUT2D eigenvalue weighted by Crippen LogP contribution is -2.31. The Morgan fingerprint density at radius 3 is 2.36 bits per heavy atom. The summed E-state index contributed by atoms with van der Waals surface area (Å²) in [5.41, 5.74) is 2.83. The minimum Gasteiger partial charge on any atom is -0.483 e. The van der Waals surface area contributed by atoms with E-state index in [1.54, 1.807) is 25.1 Å². The molecule has 0 radical (unpaired) electrons. The summed E-state index contributed by atoms with van der Waals surface area (Å²) < 4.78 is 6.42. The Bertz CT molecular complexity index is 815. The van der Waals surface area contributed by atoms with Crippen LogP contribution in [0.5, 0.6) is 5.75 Å². The van der Waals surface area contributed by atoms with Crippen molar-refractivity contribution in [2.45, 2.75) is 46.6 Å². The maximum Gasteiger partial charge on any atom is 0.258 e. The highest BCUT2D eigenvalue weighted by molar-refractivity contribution is 9.10. The fraction of sp³-hybridized carbons (Fsp3) is 0.391. The Hall–Kier alpha value is -2.14. The third kappa shape index (κ3) is 6.48. The van der Waals surface area contributed by atoms with Gasteiger partial charge in [-0.3, -0.25) is 9.59 Å². The lowest BCUT2D eigenvalue weighted by Gasteiger charge is -2.16. The average Bonchev–Trinajstić information content (AvgIpc) is 2.66. The number of amides is 1. The number of hydrogen-bond acceptors (Lipinski definition) is 3. The van der Waals surface area contributed by atoms with E-state index in [2.05, 4.69) is 59.4 Å². The molecule has 0 aromatic heterocycles. The number of halogens is 1. The molecule has 0 aliphatic carbocycles. The maximum atomic E-state index is 12.3. The summed E-state index contributed by atoms with van der Waals surface area (Å²) in [6.07, 6.45) is 1.42. The molecule has 0 saturated heterocycles. The summed E-state index contributed by atoms with van der Waals surface area (Å²) in [4.78, 5) is 24.4. The van der Waals surface area contributed by atoms with E-state index in [0.717, 1.165) is 16.5 Å². The molecule has 0 spiro atoms. The minimum atomic E-state index is -0.225. The molecule has 0 fully saturated rings. The monoisotopic (exact) mass is 445 g/mol. The van der Waals surface area contributed by atoms with E-state index < -0.39 is 0 Å². The lowest BCUT2D eigenvalue weighted by atomic mass is 10.00. The third-order valence-electron chi connectivity index (χ3n) is 4.42. The zero-order valence-corrected chi connectivity index (χ0v) is 18.5. The number of ether oxygens (including phenoxy) is 1. The fourth-order valence-electron chi connectivity index (χ4n) is 2.96. The summed E-state index contributed by atoms with van der Waals surface area (Å²) >= 11 is 3.36. The molecule has 0 saturated carbocycles. The van der Waals surface area contributed by atoms with Gasteiger partial charge in [-0.15, -0.1) is 0 Å². The minimum absolute atomic E-state index is 0.0217. The number of carbonyl (C=O) groups is 2. The molecule has 1 N–H and O–H groups in total. The van der Waals surface area contributed by atoms with Crippen molar-refractivity contribution < 1.29 is 14.3 Å². The predicted octanol–water partition coefficient (Wildman–Crippen LogP) is 5.50. The van der Waals surface area contributed by atoms with Gasteiger partial charge in [0.05, 0.1) is 11.6 Å². The van der Waals surface area contributed by atoms with E-state index in [9.17, 15) is 9.59 Å². The van der Waals surface area contributed by atoms with Gasteiger partial charge >= 0.3 is 0 Å².